The zero-order valence-electron chi connectivity index (χ0n) is 13.5. The van der Waals surface area contributed by atoms with E-state index in [1.54, 1.807) is 67.6 Å². The van der Waals surface area contributed by atoms with Crippen molar-refractivity contribution >= 4 is 17.7 Å². The molecule has 126 valence electrons. The molecule has 6 nitrogen and oxygen atoms in total. The first-order valence-corrected chi connectivity index (χ1v) is 7.68. The Morgan fingerprint density at radius 1 is 1.04 bits per heavy atom. The molecule has 3 rings (SSSR count). The van der Waals surface area contributed by atoms with E-state index in [2.05, 4.69) is 10.5 Å². The van der Waals surface area contributed by atoms with Crippen LogP contribution in [0, 0.1) is 6.92 Å². The van der Waals surface area contributed by atoms with Gasteiger partial charge < -0.3 is 14.6 Å². The van der Waals surface area contributed by atoms with Crippen LogP contribution in [0.4, 0.5) is 5.82 Å². The number of amides is 1. The number of hydrogen-bond acceptors (Lipinski definition) is 5. The van der Waals surface area contributed by atoms with E-state index in [0.717, 1.165) is 0 Å². The van der Waals surface area contributed by atoms with E-state index in [1.165, 1.54) is 0 Å². The smallest absolute Gasteiger partial charge is 0.339 e. The molecule has 0 radical (unpaired) electrons. The molecule has 2 aromatic carbocycles. The molecule has 25 heavy (non-hydrogen) atoms. The zero-order chi connectivity index (χ0) is 17.6. The second-order valence-corrected chi connectivity index (χ2v) is 5.37. The number of esters is 1. The monoisotopic (exact) mass is 336 g/mol. The van der Waals surface area contributed by atoms with E-state index in [-0.39, 0.29) is 5.82 Å². The van der Waals surface area contributed by atoms with Crippen molar-refractivity contribution in [3.05, 3.63) is 83.6 Å². The van der Waals surface area contributed by atoms with Gasteiger partial charge in [0.2, 0.25) is 6.10 Å². The number of nitrogens with zero attached hydrogens (tertiary/aromatic N) is 1. The number of carbonyl (C=O) groups is 2. The van der Waals surface area contributed by atoms with Crippen LogP contribution in [0.1, 0.15) is 27.8 Å². The van der Waals surface area contributed by atoms with E-state index in [4.69, 9.17) is 9.26 Å². The normalized spacial score (nSPS) is 11.6. The zero-order valence-corrected chi connectivity index (χ0v) is 13.5. The molecule has 0 fully saturated rings. The van der Waals surface area contributed by atoms with Gasteiger partial charge >= 0.3 is 5.97 Å². The second-order valence-electron chi connectivity index (χ2n) is 5.37. The molecule has 0 aliphatic rings. The second kappa shape index (κ2) is 7.44. The number of aryl methyl sites for hydroxylation is 1. The largest absolute Gasteiger partial charge is 0.444 e. The van der Waals surface area contributed by atoms with Crippen molar-refractivity contribution in [3.63, 3.8) is 0 Å². The van der Waals surface area contributed by atoms with Crippen molar-refractivity contribution in [3.8, 4) is 0 Å². The first-order chi connectivity index (χ1) is 12.1. The van der Waals surface area contributed by atoms with Crippen LogP contribution in [0.3, 0.4) is 0 Å². The standard InChI is InChI=1S/C19H16N2O4/c1-13-12-16(21-25-13)20-18(22)17(14-8-4-2-5-9-14)24-19(23)15-10-6-3-7-11-15/h2-12,17H,1H3,(H,20,21,22). The molecule has 0 aliphatic heterocycles. The first-order valence-electron chi connectivity index (χ1n) is 7.68. The number of carbonyl (C=O) groups excluding carboxylic acids is 2. The molecule has 1 unspecified atom stereocenters. The SMILES string of the molecule is Cc1cc(NC(=O)C(OC(=O)c2ccccc2)c2ccccc2)no1. The van der Waals surface area contributed by atoms with Crippen LogP contribution in [-0.2, 0) is 9.53 Å². The molecular formula is C19H16N2O4. The van der Waals surface area contributed by atoms with Crippen LogP contribution in [0.2, 0.25) is 0 Å². The lowest BCUT2D eigenvalue weighted by Gasteiger charge is -2.17. The number of ether oxygens (including phenoxy) is 1. The topological polar surface area (TPSA) is 81.4 Å². The van der Waals surface area contributed by atoms with Gasteiger partial charge in [0, 0.05) is 11.6 Å². The van der Waals surface area contributed by atoms with Gasteiger partial charge in [-0.2, -0.15) is 0 Å². The van der Waals surface area contributed by atoms with Crippen molar-refractivity contribution in [1.29, 1.82) is 0 Å². The van der Waals surface area contributed by atoms with E-state index < -0.39 is 18.0 Å². The maximum atomic E-state index is 12.6. The summed E-state index contributed by atoms with van der Waals surface area (Å²) in [5.41, 5.74) is 0.929. The summed E-state index contributed by atoms with van der Waals surface area (Å²) < 4.78 is 10.4. The van der Waals surface area contributed by atoms with Crippen LogP contribution >= 0.6 is 0 Å². The fourth-order valence-corrected chi connectivity index (χ4v) is 2.27. The Labute approximate surface area is 144 Å². The maximum absolute atomic E-state index is 12.6. The number of hydrogen-bond donors (Lipinski definition) is 1. The highest BCUT2D eigenvalue weighted by Crippen LogP contribution is 2.21. The Balaban J connectivity index is 1.82. The van der Waals surface area contributed by atoms with Crippen LogP contribution < -0.4 is 5.32 Å². The van der Waals surface area contributed by atoms with Crippen LogP contribution in [0.5, 0.6) is 0 Å². The lowest BCUT2D eigenvalue weighted by Crippen LogP contribution is -2.26. The van der Waals surface area contributed by atoms with Crippen molar-refractivity contribution in [2.45, 2.75) is 13.0 Å². The molecule has 1 amide bonds. The summed E-state index contributed by atoms with van der Waals surface area (Å²) in [4.78, 5) is 25.0. The number of anilines is 1. The molecule has 1 aromatic heterocycles. The third kappa shape index (κ3) is 4.11. The van der Waals surface area contributed by atoms with Gasteiger partial charge in [0.25, 0.3) is 5.91 Å². The maximum Gasteiger partial charge on any atom is 0.339 e. The molecule has 0 spiro atoms. The summed E-state index contributed by atoms with van der Waals surface area (Å²) in [6.45, 7) is 1.72. The summed E-state index contributed by atoms with van der Waals surface area (Å²) in [5.74, 6) is -0.267. The minimum Gasteiger partial charge on any atom is -0.444 e. The van der Waals surface area contributed by atoms with E-state index in [9.17, 15) is 9.59 Å². The average Bonchev–Trinajstić information content (AvgIpc) is 3.05. The summed E-state index contributed by atoms with van der Waals surface area (Å²) in [6, 6.07) is 18.9. The van der Waals surface area contributed by atoms with Crippen molar-refractivity contribution < 1.29 is 18.8 Å². The van der Waals surface area contributed by atoms with Crippen LogP contribution in [0.15, 0.2) is 71.3 Å². The minimum atomic E-state index is -1.11. The molecule has 1 N–H and O–H groups in total. The third-order valence-electron chi connectivity index (χ3n) is 3.45. The number of benzene rings is 2. The van der Waals surface area contributed by atoms with E-state index in [1.807, 2.05) is 6.07 Å². The van der Waals surface area contributed by atoms with Gasteiger partial charge in [-0.05, 0) is 19.1 Å². The Morgan fingerprint density at radius 3 is 2.28 bits per heavy atom. The Hall–Kier alpha value is -3.41. The van der Waals surface area contributed by atoms with E-state index in [0.29, 0.717) is 16.9 Å². The van der Waals surface area contributed by atoms with Crippen molar-refractivity contribution in [2.24, 2.45) is 0 Å². The molecule has 1 atom stereocenters. The van der Waals surface area contributed by atoms with Gasteiger partial charge in [-0.3, -0.25) is 4.79 Å². The van der Waals surface area contributed by atoms with Gasteiger partial charge in [0.15, 0.2) is 5.82 Å². The molecule has 1 heterocycles. The Morgan fingerprint density at radius 2 is 1.68 bits per heavy atom. The third-order valence-corrected chi connectivity index (χ3v) is 3.45. The molecule has 0 bridgehead atoms. The van der Waals surface area contributed by atoms with Crippen molar-refractivity contribution in [1.82, 2.24) is 5.16 Å². The summed E-state index contributed by atoms with van der Waals surface area (Å²) >= 11 is 0. The quantitative estimate of drug-likeness (QED) is 0.721. The number of aromatic nitrogens is 1. The van der Waals surface area contributed by atoms with Gasteiger partial charge in [-0.1, -0.05) is 53.7 Å². The number of rotatable bonds is 5. The van der Waals surface area contributed by atoms with Crippen LogP contribution in [-0.4, -0.2) is 17.0 Å². The summed E-state index contributed by atoms with van der Waals surface area (Å²) in [7, 11) is 0. The first kappa shape index (κ1) is 16.4. The van der Waals surface area contributed by atoms with Gasteiger partial charge in [-0.15, -0.1) is 0 Å². The molecule has 0 saturated carbocycles. The molecule has 0 saturated heterocycles. The van der Waals surface area contributed by atoms with Gasteiger partial charge in [0.05, 0.1) is 5.56 Å². The minimum absolute atomic E-state index is 0.263. The Bertz CT molecular complexity index is 859. The fraction of sp³-hybridized carbons (Fsp3) is 0.105. The molecule has 6 heteroatoms. The summed E-state index contributed by atoms with van der Waals surface area (Å²) in [5, 5.41) is 6.32. The summed E-state index contributed by atoms with van der Waals surface area (Å²) in [6.07, 6.45) is -1.11. The average molecular weight is 336 g/mol. The fourth-order valence-electron chi connectivity index (χ4n) is 2.27. The van der Waals surface area contributed by atoms with Gasteiger partial charge in [-0.25, -0.2) is 4.79 Å². The van der Waals surface area contributed by atoms with Gasteiger partial charge in [0.1, 0.15) is 5.76 Å². The molecule has 0 aliphatic carbocycles. The predicted molar refractivity (Wildman–Crippen MR) is 90.9 cm³/mol. The molecular weight excluding hydrogens is 320 g/mol. The molecule has 3 aromatic rings. The van der Waals surface area contributed by atoms with Crippen molar-refractivity contribution in [2.75, 3.05) is 5.32 Å². The highest BCUT2D eigenvalue weighted by molar-refractivity contribution is 5.97. The van der Waals surface area contributed by atoms with E-state index >= 15 is 0 Å². The highest BCUT2D eigenvalue weighted by atomic mass is 16.5. The van der Waals surface area contributed by atoms with Crippen LogP contribution in [0.25, 0.3) is 0 Å². The Kier molecular flexibility index (Phi) is 4.89. The lowest BCUT2D eigenvalue weighted by atomic mass is 10.1. The number of nitrogens with one attached hydrogen (secondary N) is 1. The lowest BCUT2D eigenvalue weighted by molar-refractivity contribution is -0.125. The highest BCUT2D eigenvalue weighted by Gasteiger charge is 2.26. The predicted octanol–water partition coefficient (Wildman–Crippen LogP) is 3.52.